The van der Waals surface area contributed by atoms with Gasteiger partial charge in [0, 0.05) is 29.2 Å². The minimum Gasteiger partial charge on any atom is -0.310 e. The standard InChI is InChI=1S/C14H20Cl2N2/c1-10-9-18(2)6-5-14(10)17-8-11-7-12(15)3-4-13(11)16/h3-4,7,10,14,17H,5-6,8-9H2,1-2H3. The second-order valence-electron chi connectivity index (χ2n) is 5.25. The van der Waals surface area contributed by atoms with Crippen molar-refractivity contribution in [3.63, 3.8) is 0 Å². The Bertz CT molecular complexity index is 409. The van der Waals surface area contributed by atoms with Crippen molar-refractivity contribution in [3.8, 4) is 0 Å². The van der Waals surface area contributed by atoms with E-state index in [1.54, 1.807) is 0 Å². The van der Waals surface area contributed by atoms with Crippen LogP contribution in [-0.2, 0) is 6.54 Å². The van der Waals surface area contributed by atoms with E-state index in [-0.39, 0.29) is 0 Å². The number of rotatable bonds is 3. The molecule has 1 saturated heterocycles. The van der Waals surface area contributed by atoms with Crippen molar-refractivity contribution in [2.75, 3.05) is 20.1 Å². The van der Waals surface area contributed by atoms with E-state index in [0.717, 1.165) is 35.2 Å². The molecule has 0 spiro atoms. The second kappa shape index (κ2) is 6.25. The summed E-state index contributed by atoms with van der Waals surface area (Å²) in [4.78, 5) is 2.38. The molecule has 0 bridgehead atoms. The van der Waals surface area contributed by atoms with Gasteiger partial charge in [0.05, 0.1) is 0 Å². The van der Waals surface area contributed by atoms with Gasteiger partial charge in [-0.15, -0.1) is 0 Å². The zero-order valence-electron chi connectivity index (χ0n) is 10.9. The van der Waals surface area contributed by atoms with Gasteiger partial charge in [-0.25, -0.2) is 0 Å². The predicted octanol–water partition coefficient (Wildman–Crippen LogP) is 3.42. The lowest BCUT2D eigenvalue weighted by Crippen LogP contribution is -2.46. The summed E-state index contributed by atoms with van der Waals surface area (Å²) in [7, 11) is 2.18. The van der Waals surface area contributed by atoms with E-state index in [2.05, 4.69) is 24.2 Å². The summed E-state index contributed by atoms with van der Waals surface area (Å²) < 4.78 is 0. The maximum atomic E-state index is 6.17. The van der Waals surface area contributed by atoms with Crippen LogP contribution in [0.3, 0.4) is 0 Å². The van der Waals surface area contributed by atoms with Crippen LogP contribution in [0, 0.1) is 5.92 Å². The van der Waals surface area contributed by atoms with Crippen molar-refractivity contribution in [2.24, 2.45) is 5.92 Å². The summed E-state index contributed by atoms with van der Waals surface area (Å²) in [5, 5.41) is 5.13. The molecule has 18 heavy (non-hydrogen) atoms. The maximum absolute atomic E-state index is 6.17. The molecule has 0 saturated carbocycles. The van der Waals surface area contributed by atoms with Crippen LogP contribution < -0.4 is 5.32 Å². The Morgan fingerprint density at radius 2 is 2.17 bits per heavy atom. The average Bonchev–Trinajstić information content (AvgIpc) is 2.32. The van der Waals surface area contributed by atoms with Crippen molar-refractivity contribution < 1.29 is 0 Å². The molecule has 4 heteroatoms. The highest BCUT2D eigenvalue weighted by molar-refractivity contribution is 6.33. The fourth-order valence-corrected chi connectivity index (χ4v) is 2.96. The molecule has 2 atom stereocenters. The molecule has 2 nitrogen and oxygen atoms in total. The Hall–Kier alpha value is -0.280. The minimum absolute atomic E-state index is 0.566. The van der Waals surface area contributed by atoms with Gasteiger partial charge in [-0.1, -0.05) is 30.1 Å². The summed E-state index contributed by atoms with van der Waals surface area (Å²) >= 11 is 12.2. The van der Waals surface area contributed by atoms with E-state index in [0.29, 0.717) is 12.0 Å². The molecule has 1 aromatic carbocycles. The van der Waals surface area contributed by atoms with Gasteiger partial charge < -0.3 is 10.2 Å². The molecule has 1 aromatic rings. The van der Waals surface area contributed by atoms with Gasteiger partial charge in [0.1, 0.15) is 0 Å². The van der Waals surface area contributed by atoms with Crippen molar-refractivity contribution >= 4 is 23.2 Å². The van der Waals surface area contributed by atoms with Gasteiger partial charge in [-0.3, -0.25) is 0 Å². The third kappa shape index (κ3) is 3.61. The lowest BCUT2D eigenvalue weighted by Gasteiger charge is -2.35. The van der Waals surface area contributed by atoms with Crippen LogP contribution in [0.1, 0.15) is 18.9 Å². The second-order valence-corrected chi connectivity index (χ2v) is 6.09. The molecular formula is C14H20Cl2N2. The van der Waals surface area contributed by atoms with E-state index in [4.69, 9.17) is 23.2 Å². The van der Waals surface area contributed by atoms with Gasteiger partial charge in [-0.05, 0) is 49.7 Å². The lowest BCUT2D eigenvalue weighted by atomic mass is 9.94. The third-order valence-corrected chi connectivity index (χ3v) is 4.27. The predicted molar refractivity (Wildman–Crippen MR) is 78.4 cm³/mol. The molecule has 1 N–H and O–H groups in total. The molecule has 100 valence electrons. The third-order valence-electron chi connectivity index (χ3n) is 3.67. The topological polar surface area (TPSA) is 15.3 Å². The number of nitrogens with zero attached hydrogens (tertiary/aromatic N) is 1. The van der Waals surface area contributed by atoms with Crippen molar-refractivity contribution in [1.29, 1.82) is 0 Å². The molecule has 0 radical (unpaired) electrons. The first-order chi connectivity index (χ1) is 8.56. The number of hydrogen-bond acceptors (Lipinski definition) is 2. The van der Waals surface area contributed by atoms with Crippen LogP contribution in [0.25, 0.3) is 0 Å². The Kier molecular flexibility index (Phi) is 4.91. The van der Waals surface area contributed by atoms with E-state index >= 15 is 0 Å². The molecule has 2 rings (SSSR count). The lowest BCUT2D eigenvalue weighted by molar-refractivity contribution is 0.174. The van der Waals surface area contributed by atoms with Gasteiger partial charge in [0.2, 0.25) is 0 Å². The fourth-order valence-electron chi connectivity index (χ4n) is 2.58. The number of halogens is 2. The number of hydrogen-bond donors (Lipinski definition) is 1. The number of nitrogens with one attached hydrogen (secondary N) is 1. The Morgan fingerprint density at radius 1 is 1.39 bits per heavy atom. The molecule has 2 unspecified atom stereocenters. The Balaban J connectivity index is 1.93. The first-order valence-corrected chi connectivity index (χ1v) is 7.17. The first-order valence-electron chi connectivity index (χ1n) is 6.42. The van der Waals surface area contributed by atoms with Gasteiger partial charge >= 0.3 is 0 Å². The highest BCUT2D eigenvalue weighted by Crippen LogP contribution is 2.22. The van der Waals surface area contributed by atoms with Crippen LogP contribution in [0.5, 0.6) is 0 Å². The highest BCUT2D eigenvalue weighted by Gasteiger charge is 2.23. The Morgan fingerprint density at radius 3 is 2.89 bits per heavy atom. The van der Waals surface area contributed by atoms with Crippen molar-refractivity contribution in [3.05, 3.63) is 33.8 Å². The molecule has 1 heterocycles. The van der Waals surface area contributed by atoms with Gasteiger partial charge in [0.15, 0.2) is 0 Å². The summed E-state index contributed by atoms with van der Waals surface area (Å²) in [6.07, 6.45) is 1.19. The number of piperidine rings is 1. The summed E-state index contributed by atoms with van der Waals surface area (Å²) in [5.74, 6) is 0.668. The zero-order valence-corrected chi connectivity index (χ0v) is 12.4. The van der Waals surface area contributed by atoms with Crippen LogP contribution in [0.15, 0.2) is 18.2 Å². The quantitative estimate of drug-likeness (QED) is 0.916. The Labute approximate surface area is 119 Å². The van der Waals surface area contributed by atoms with Crippen LogP contribution >= 0.6 is 23.2 Å². The van der Waals surface area contributed by atoms with E-state index in [1.807, 2.05) is 18.2 Å². The highest BCUT2D eigenvalue weighted by atomic mass is 35.5. The van der Waals surface area contributed by atoms with E-state index < -0.39 is 0 Å². The fraction of sp³-hybridized carbons (Fsp3) is 0.571. The van der Waals surface area contributed by atoms with Gasteiger partial charge in [0.25, 0.3) is 0 Å². The molecular weight excluding hydrogens is 267 g/mol. The van der Waals surface area contributed by atoms with Crippen LogP contribution in [0.2, 0.25) is 10.0 Å². The maximum Gasteiger partial charge on any atom is 0.0451 e. The smallest absolute Gasteiger partial charge is 0.0451 e. The summed E-state index contributed by atoms with van der Waals surface area (Å²) in [6, 6.07) is 6.19. The molecule has 1 aliphatic heterocycles. The average molecular weight is 287 g/mol. The summed E-state index contributed by atoms with van der Waals surface area (Å²) in [6.45, 7) is 5.40. The van der Waals surface area contributed by atoms with Crippen LogP contribution in [0.4, 0.5) is 0 Å². The number of likely N-dealkylation sites (tertiary alicyclic amines) is 1. The largest absolute Gasteiger partial charge is 0.310 e. The van der Waals surface area contributed by atoms with Gasteiger partial charge in [-0.2, -0.15) is 0 Å². The van der Waals surface area contributed by atoms with Crippen molar-refractivity contribution in [1.82, 2.24) is 10.2 Å². The molecule has 0 aromatic heterocycles. The zero-order chi connectivity index (χ0) is 13.1. The molecule has 0 aliphatic carbocycles. The molecule has 0 amide bonds. The molecule has 1 fully saturated rings. The molecule has 1 aliphatic rings. The first kappa shape index (κ1) is 14.1. The minimum atomic E-state index is 0.566. The summed E-state index contributed by atoms with van der Waals surface area (Å²) in [5.41, 5.74) is 1.08. The number of benzene rings is 1. The van der Waals surface area contributed by atoms with Crippen molar-refractivity contribution in [2.45, 2.75) is 25.9 Å². The SMILES string of the molecule is CC1CN(C)CCC1NCc1cc(Cl)ccc1Cl. The normalized spacial score (nSPS) is 25.3. The van der Waals surface area contributed by atoms with E-state index in [9.17, 15) is 0 Å². The van der Waals surface area contributed by atoms with E-state index in [1.165, 1.54) is 6.42 Å². The van der Waals surface area contributed by atoms with Crippen LogP contribution in [-0.4, -0.2) is 31.1 Å². The monoisotopic (exact) mass is 286 g/mol.